The largest absolute Gasteiger partial charge is 0.481 e. The van der Waals surface area contributed by atoms with Crippen molar-refractivity contribution in [1.82, 2.24) is 4.90 Å². The van der Waals surface area contributed by atoms with Gasteiger partial charge in [-0.2, -0.15) is 0 Å². The molecule has 0 aromatic carbocycles. The van der Waals surface area contributed by atoms with Crippen molar-refractivity contribution in [3.8, 4) is 0 Å². The number of carbonyl (C=O) groups is 1. The standard InChI is InChI=1S/C18H31NO2/c1-13-4-3-7-18(10-13,17(20)21)12-19(2)11-16-9-14-5-6-15(16)8-14/h13-16H,3-12H2,1-2H3,(H,20,21). The molecule has 5 atom stereocenters. The molecule has 3 rings (SSSR count). The minimum absolute atomic E-state index is 0.482. The first-order valence-corrected chi connectivity index (χ1v) is 8.90. The molecule has 5 unspecified atom stereocenters. The van der Waals surface area contributed by atoms with E-state index in [1.165, 1.54) is 32.1 Å². The van der Waals surface area contributed by atoms with Crippen LogP contribution in [0, 0.1) is 29.1 Å². The number of aliphatic carboxylic acids is 1. The highest BCUT2D eigenvalue weighted by molar-refractivity contribution is 5.75. The molecule has 3 saturated carbocycles. The molecule has 3 nitrogen and oxygen atoms in total. The highest BCUT2D eigenvalue weighted by Gasteiger charge is 2.44. The van der Waals surface area contributed by atoms with Crippen molar-refractivity contribution < 1.29 is 9.90 Å². The Hall–Kier alpha value is -0.570. The third-order valence-corrected chi connectivity index (χ3v) is 6.55. The first-order chi connectivity index (χ1) is 9.98. The molecule has 0 aliphatic heterocycles. The van der Waals surface area contributed by atoms with Crippen LogP contribution in [-0.4, -0.2) is 36.1 Å². The monoisotopic (exact) mass is 293 g/mol. The van der Waals surface area contributed by atoms with Crippen molar-refractivity contribution in [3.05, 3.63) is 0 Å². The summed E-state index contributed by atoms with van der Waals surface area (Å²) >= 11 is 0. The van der Waals surface area contributed by atoms with E-state index >= 15 is 0 Å². The van der Waals surface area contributed by atoms with E-state index in [-0.39, 0.29) is 0 Å². The maximum absolute atomic E-state index is 11.9. The Morgan fingerprint density at radius 2 is 2.10 bits per heavy atom. The number of nitrogens with zero attached hydrogens (tertiary/aromatic N) is 1. The van der Waals surface area contributed by atoms with Crippen molar-refractivity contribution in [2.24, 2.45) is 29.1 Å². The third kappa shape index (κ3) is 3.13. The van der Waals surface area contributed by atoms with Crippen LogP contribution < -0.4 is 0 Å². The van der Waals surface area contributed by atoms with Crippen LogP contribution in [0.1, 0.15) is 58.3 Å². The number of rotatable bonds is 5. The van der Waals surface area contributed by atoms with Crippen LogP contribution in [0.15, 0.2) is 0 Å². The van der Waals surface area contributed by atoms with Crippen molar-refractivity contribution in [2.45, 2.75) is 58.3 Å². The predicted octanol–water partition coefficient (Wildman–Crippen LogP) is 3.64. The van der Waals surface area contributed by atoms with E-state index in [1.807, 2.05) is 0 Å². The zero-order chi connectivity index (χ0) is 15.0. The molecule has 21 heavy (non-hydrogen) atoms. The minimum Gasteiger partial charge on any atom is -0.481 e. The summed E-state index contributed by atoms with van der Waals surface area (Å²) in [6, 6.07) is 0. The van der Waals surface area contributed by atoms with Crippen LogP contribution in [-0.2, 0) is 4.79 Å². The molecule has 3 aliphatic carbocycles. The van der Waals surface area contributed by atoms with E-state index in [2.05, 4.69) is 18.9 Å². The van der Waals surface area contributed by atoms with E-state index in [0.717, 1.165) is 50.1 Å². The molecule has 0 saturated heterocycles. The van der Waals surface area contributed by atoms with E-state index in [4.69, 9.17) is 0 Å². The van der Waals surface area contributed by atoms with Gasteiger partial charge >= 0.3 is 5.97 Å². The number of carboxylic acid groups (broad SMARTS) is 1. The average Bonchev–Trinajstić information content (AvgIpc) is 3.00. The number of hydrogen-bond donors (Lipinski definition) is 1. The Kier molecular flexibility index (Phi) is 4.31. The highest BCUT2D eigenvalue weighted by Crippen LogP contribution is 2.48. The normalized spacial score (nSPS) is 42.6. The van der Waals surface area contributed by atoms with Gasteiger partial charge < -0.3 is 10.0 Å². The lowest BCUT2D eigenvalue weighted by Crippen LogP contribution is -2.46. The molecule has 3 heteroatoms. The lowest BCUT2D eigenvalue weighted by atomic mass is 9.69. The van der Waals surface area contributed by atoms with Crippen molar-refractivity contribution >= 4 is 5.97 Å². The Labute approximate surface area is 129 Å². The summed E-state index contributed by atoms with van der Waals surface area (Å²) in [5, 5.41) is 9.79. The molecule has 1 N–H and O–H groups in total. The second-order valence-corrected chi connectivity index (χ2v) is 8.42. The molecular weight excluding hydrogens is 262 g/mol. The predicted molar refractivity (Wildman–Crippen MR) is 84.1 cm³/mol. The van der Waals surface area contributed by atoms with Crippen LogP contribution in [0.3, 0.4) is 0 Å². The Morgan fingerprint density at radius 1 is 1.29 bits per heavy atom. The van der Waals surface area contributed by atoms with Crippen molar-refractivity contribution in [1.29, 1.82) is 0 Å². The van der Waals surface area contributed by atoms with Gasteiger partial charge in [0.2, 0.25) is 0 Å². The zero-order valence-corrected chi connectivity index (χ0v) is 13.7. The number of fused-ring (bicyclic) bond motifs is 2. The smallest absolute Gasteiger partial charge is 0.310 e. The molecule has 0 radical (unpaired) electrons. The summed E-state index contributed by atoms with van der Waals surface area (Å²) in [5.41, 5.74) is -0.482. The SMILES string of the molecule is CC1CCCC(CN(C)CC2CC3CCC2C3)(C(=O)O)C1. The first-order valence-electron chi connectivity index (χ1n) is 8.90. The van der Waals surface area contributed by atoms with Crippen LogP contribution in [0.2, 0.25) is 0 Å². The van der Waals surface area contributed by atoms with Gasteiger partial charge in [-0.3, -0.25) is 4.79 Å². The lowest BCUT2D eigenvalue weighted by Gasteiger charge is -2.40. The lowest BCUT2D eigenvalue weighted by molar-refractivity contribution is -0.153. The Bertz CT molecular complexity index is 397. The molecular formula is C18H31NO2. The number of hydrogen-bond acceptors (Lipinski definition) is 2. The van der Waals surface area contributed by atoms with Crippen LogP contribution in [0.4, 0.5) is 0 Å². The Morgan fingerprint density at radius 3 is 2.67 bits per heavy atom. The summed E-state index contributed by atoms with van der Waals surface area (Å²) in [6.45, 7) is 4.08. The molecule has 3 aliphatic rings. The third-order valence-electron chi connectivity index (χ3n) is 6.55. The van der Waals surface area contributed by atoms with Crippen molar-refractivity contribution in [2.75, 3.05) is 20.1 Å². The molecule has 0 aromatic heterocycles. The molecule has 0 heterocycles. The van der Waals surface area contributed by atoms with Gasteiger partial charge in [0.15, 0.2) is 0 Å². The number of carboxylic acids is 1. The van der Waals surface area contributed by atoms with Gasteiger partial charge in [-0.1, -0.05) is 26.2 Å². The van der Waals surface area contributed by atoms with E-state index in [9.17, 15) is 9.90 Å². The fourth-order valence-corrected chi connectivity index (χ4v) is 5.65. The molecule has 120 valence electrons. The fourth-order valence-electron chi connectivity index (χ4n) is 5.65. The van der Waals surface area contributed by atoms with Gasteiger partial charge in [-0.05, 0) is 62.8 Å². The van der Waals surface area contributed by atoms with Gasteiger partial charge in [0.25, 0.3) is 0 Å². The van der Waals surface area contributed by atoms with E-state index in [1.54, 1.807) is 0 Å². The molecule has 0 amide bonds. The van der Waals surface area contributed by atoms with Crippen LogP contribution >= 0.6 is 0 Å². The van der Waals surface area contributed by atoms with Gasteiger partial charge in [-0.25, -0.2) is 0 Å². The topological polar surface area (TPSA) is 40.5 Å². The Balaban J connectivity index is 1.59. The zero-order valence-electron chi connectivity index (χ0n) is 13.7. The van der Waals surface area contributed by atoms with Crippen LogP contribution in [0.5, 0.6) is 0 Å². The highest BCUT2D eigenvalue weighted by atomic mass is 16.4. The minimum atomic E-state index is -0.561. The van der Waals surface area contributed by atoms with Gasteiger partial charge in [-0.15, -0.1) is 0 Å². The molecule has 0 spiro atoms. The second kappa shape index (κ2) is 5.91. The summed E-state index contributed by atoms with van der Waals surface area (Å²) in [4.78, 5) is 14.2. The maximum atomic E-state index is 11.9. The van der Waals surface area contributed by atoms with Gasteiger partial charge in [0, 0.05) is 13.1 Å². The van der Waals surface area contributed by atoms with E-state index in [0.29, 0.717) is 5.92 Å². The van der Waals surface area contributed by atoms with E-state index < -0.39 is 11.4 Å². The maximum Gasteiger partial charge on any atom is 0.310 e. The quantitative estimate of drug-likeness (QED) is 0.841. The second-order valence-electron chi connectivity index (χ2n) is 8.42. The summed E-state index contributed by atoms with van der Waals surface area (Å²) in [7, 11) is 2.15. The van der Waals surface area contributed by atoms with Crippen LogP contribution in [0.25, 0.3) is 0 Å². The summed E-state index contributed by atoms with van der Waals surface area (Å²) in [5.74, 6) is 2.75. The molecule has 2 bridgehead atoms. The van der Waals surface area contributed by atoms with Gasteiger partial charge in [0.1, 0.15) is 0 Å². The first kappa shape index (κ1) is 15.3. The molecule has 3 fully saturated rings. The summed E-state index contributed by atoms with van der Waals surface area (Å²) < 4.78 is 0. The van der Waals surface area contributed by atoms with Gasteiger partial charge in [0.05, 0.1) is 5.41 Å². The van der Waals surface area contributed by atoms with Crippen molar-refractivity contribution in [3.63, 3.8) is 0 Å². The molecule has 0 aromatic rings. The summed E-state index contributed by atoms with van der Waals surface area (Å²) in [6.07, 6.45) is 9.72. The average molecular weight is 293 g/mol. The fraction of sp³-hybridized carbons (Fsp3) is 0.944.